The number of aromatic nitrogens is 1. The topological polar surface area (TPSA) is 36.4 Å². The van der Waals surface area contributed by atoms with E-state index in [4.69, 9.17) is 4.98 Å². The second-order valence-electron chi connectivity index (χ2n) is 7.03. The third-order valence-electron chi connectivity index (χ3n) is 5.12. The fraction of sp³-hybridized carbons (Fsp3) is 0.824. The first kappa shape index (κ1) is 15.4. The van der Waals surface area contributed by atoms with E-state index in [9.17, 15) is 5.11 Å². The van der Waals surface area contributed by atoms with Crippen molar-refractivity contribution in [2.75, 3.05) is 6.54 Å². The molecule has 3 nitrogen and oxygen atoms in total. The van der Waals surface area contributed by atoms with Crippen LogP contribution in [0.15, 0.2) is 5.38 Å². The number of hydrogen-bond acceptors (Lipinski definition) is 4. The lowest BCUT2D eigenvalue weighted by atomic mass is 9.87. The summed E-state index contributed by atoms with van der Waals surface area (Å²) in [6.07, 6.45) is 7.20. The Morgan fingerprint density at radius 2 is 2.14 bits per heavy atom. The molecule has 118 valence electrons. The van der Waals surface area contributed by atoms with Crippen LogP contribution in [0.4, 0.5) is 0 Å². The summed E-state index contributed by atoms with van der Waals surface area (Å²) in [7, 11) is 0. The van der Waals surface area contributed by atoms with Crippen molar-refractivity contribution in [3.8, 4) is 0 Å². The van der Waals surface area contributed by atoms with E-state index < -0.39 is 0 Å². The van der Waals surface area contributed by atoms with Crippen LogP contribution in [0.3, 0.4) is 0 Å². The van der Waals surface area contributed by atoms with Crippen LogP contribution in [0.1, 0.15) is 69.0 Å². The van der Waals surface area contributed by atoms with Crippen LogP contribution >= 0.6 is 11.3 Å². The van der Waals surface area contributed by atoms with Crippen LogP contribution in [-0.4, -0.2) is 33.7 Å². The highest BCUT2D eigenvalue weighted by molar-refractivity contribution is 7.09. The maximum Gasteiger partial charge on any atom is 0.0954 e. The van der Waals surface area contributed by atoms with Crippen molar-refractivity contribution in [2.45, 2.75) is 77.0 Å². The van der Waals surface area contributed by atoms with Gasteiger partial charge in [-0.1, -0.05) is 26.7 Å². The average Bonchev–Trinajstić information content (AvgIpc) is 3.09. The van der Waals surface area contributed by atoms with Crippen LogP contribution in [0.5, 0.6) is 0 Å². The van der Waals surface area contributed by atoms with Crippen molar-refractivity contribution in [3.63, 3.8) is 0 Å². The Labute approximate surface area is 132 Å². The summed E-state index contributed by atoms with van der Waals surface area (Å²) in [4.78, 5) is 7.40. The molecule has 1 aromatic rings. The summed E-state index contributed by atoms with van der Waals surface area (Å²) in [6.45, 7) is 6.56. The van der Waals surface area contributed by atoms with Crippen molar-refractivity contribution in [1.82, 2.24) is 9.88 Å². The molecule has 0 radical (unpaired) electrons. The number of thiazole rings is 1. The van der Waals surface area contributed by atoms with Crippen molar-refractivity contribution < 1.29 is 5.11 Å². The van der Waals surface area contributed by atoms with Gasteiger partial charge in [0.2, 0.25) is 0 Å². The smallest absolute Gasteiger partial charge is 0.0954 e. The van der Waals surface area contributed by atoms with Crippen LogP contribution in [0.25, 0.3) is 0 Å². The zero-order valence-electron chi connectivity index (χ0n) is 13.3. The van der Waals surface area contributed by atoms with Gasteiger partial charge in [-0.05, 0) is 32.2 Å². The Morgan fingerprint density at radius 3 is 2.81 bits per heavy atom. The maximum atomic E-state index is 10.3. The van der Waals surface area contributed by atoms with Crippen molar-refractivity contribution in [1.29, 1.82) is 0 Å². The molecule has 1 saturated heterocycles. The Morgan fingerprint density at radius 1 is 1.29 bits per heavy atom. The Hall–Kier alpha value is -0.450. The van der Waals surface area contributed by atoms with E-state index in [1.165, 1.54) is 49.4 Å². The van der Waals surface area contributed by atoms with Crippen LogP contribution < -0.4 is 0 Å². The highest BCUT2D eigenvalue weighted by Gasteiger charge is 2.37. The van der Waals surface area contributed by atoms with E-state index >= 15 is 0 Å². The highest BCUT2D eigenvalue weighted by atomic mass is 32.1. The molecule has 21 heavy (non-hydrogen) atoms. The van der Waals surface area contributed by atoms with Gasteiger partial charge in [0.25, 0.3) is 0 Å². The summed E-state index contributed by atoms with van der Waals surface area (Å²) in [5.41, 5.74) is 1.23. The number of nitrogens with zero attached hydrogens (tertiary/aromatic N) is 2. The second-order valence-corrected chi connectivity index (χ2v) is 7.92. The average molecular weight is 308 g/mol. The van der Waals surface area contributed by atoms with E-state index in [0.29, 0.717) is 17.9 Å². The molecule has 3 atom stereocenters. The number of rotatable bonds is 4. The lowest BCUT2D eigenvalue weighted by molar-refractivity contribution is 0.0307. The minimum atomic E-state index is -0.0720. The molecular weight excluding hydrogens is 280 g/mol. The van der Waals surface area contributed by atoms with Crippen molar-refractivity contribution in [3.05, 3.63) is 16.1 Å². The molecule has 1 N–H and O–H groups in total. The third kappa shape index (κ3) is 3.49. The zero-order chi connectivity index (χ0) is 14.8. The number of aliphatic hydroxyl groups excluding tert-OH is 1. The first-order chi connectivity index (χ1) is 10.1. The van der Waals surface area contributed by atoms with Crippen molar-refractivity contribution >= 4 is 11.3 Å². The van der Waals surface area contributed by atoms with Crippen LogP contribution in [-0.2, 0) is 6.54 Å². The summed E-state index contributed by atoms with van der Waals surface area (Å²) in [6, 6.07) is 0.570. The largest absolute Gasteiger partial charge is 0.393 e. The summed E-state index contributed by atoms with van der Waals surface area (Å²) >= 11 is 1.79. The van der Waals surface area contributed by atoms with Gasteiger partial charge in [-0.2, -0.15) is 0 Å². The van der Waals surface area contributed by atoms with Gasteiger partial charge in [-0.3, -0.25) is 4.90 Å². The number of hydrogen-bond donors (Lipinski definition) is 1. The Kier molecular flexibility index (Phi) is 4.97. The molecule has 2 aliphatic rings. The fourth-order valence-corrected chi connectivity index (χ4v) is 4.81. The predicted molar refractivity (Wildman–Crippen MR) is 87.6 cm³/mol. The van der Waals surface area contributed by atoms with Gasteiger partial charge in [0, 0.05) is 29.8 Å². The van der Waals surface area contributed by atoms with Gasteiger partial charge >= 0.3 is 0 Å². The molecule has 2 fully saturated rings. The molecule has 0 aromatic carbocycles. The quantitative estimate of drug-likeness (QED) is 0.919. The van der Waals surface area contributed by atoms with E-state index in [2.05, 4.69) is 24.1 Å². The number of likely N-dealkylation sites (tertiary alicyclic amines) is 1. The first-order valence-corrected chi connectivity index (χ1v) is 9.39. The maximum absolute atomic E-state index is 10.3. The number of piperidine rings is 1. The van der Waals surface area contributed by atoms with Gasteiger partial charge in [0.15, 0.2) is 0 Å². The summed E-state index contributed by atoms with van der Waals surface area (Å²) in [5, 5.41) is 13.7. The normalized spacial score (nSPS) is 31.1. The minimum absolute atomic E-state index is 0.0720. The third-order valence-corrected chi connectivity index (χ3v) is 6.31. The van der Waals surface area contributed by atoms with Crippen LogP contribution in [0, 0.1) is 5.92 Å². The molecule has 0 amide bonds. The molecule has 2 heterocycles. The minimum Gasteiger partial charge on any atom is -0.393 e. The van der Waals surface area contributed by atoms with E-state index in [-0.39, 0.29) is 6.10 Å². The molecular formula is C17H28N2OS. The van der Waals surface area contributed by atoms with E-state index in [0.717, 1.165) is 13.0 Å². The van der Waals surface area contributed by atoms with Gasteiger partial charge in [0.1, 0.15) is 0 Å². The SMILES string of the molecule is CC(C)c1nc(CN2CCCCC2C2CCCC2O)cs1. The zero-order valence-corrected chi connectivity index (χ0v) is 14.1. The van der Waals surface area contributed by atoms with Crippen molar-refractivity contribution in [2.24, 2.45) is 5.92 Å². The molecule has 1 aliphatic carbocycles. The molecule has 0 spiro atoms. The molecule has 4 heteroatoms. The first-order valence-electron chi connectivity index (χ1n) is 8.51. The van der Waals surface area contributed by atoms with E-state index in [1.54, 1.807) is 11.3 Å². The molecule has 1 aliphatic heterocycles. The molecule has 1 aromatic heterocycles. The van der Waals surface area contributed by atoms with E-state index in [1.807, 2.05) is 0 Å². The second kappa shape index (κ2) is 6.76. The Balaban J connectivity index is 1.68. The summed E-state index contributed by atoms with van der Waals surface area (Å²) in [5.74, 6) is 1.02. The molecule has 1 saturated carbocycles. The number of aliphatic hydroxyl groups is 1. The van der Waals surface area contributed by atoms with Gasteiger partial charge in [-0.15, -0.1) is 11.3 Å². The molecule has 3 unspecified atom stereocenters. The van der Waals surface area contributed by atoms with Gasteiger partial charge < -0.3 is 5.11 Å². The lowest BCUT2D eigenvalue weighted by Gasteiger charge is -2.40. The molecule has 3 rings (SSSR count). The lowest BCUT2D eigenvalue weighted by Crippen LogP contribution is -2.45. The van der Waals surface area contributed by atoms with Crippen LogP contribution in [0.2, 0.25) is 0 Å². The van der Waals surface area contributed by atoms with Gasteiger partial charge in [0.05, 0.1) is 16.8 Å². The molecule has 0 bridgehead atoms. The standard InChI is InChI=1S/C17H28N2OS/c1-12(2)17-18-13(11-21-17)10-19-9-4-3-7-15(19)14-6-5-8-16(14)20/h11-12,14-16,20H,3-10H2,1-2H3. The van der Waals surface area contributed by atoms with Gasteiger partial charge in [-0.25, -0.2) is 4.98 Å². The highest BCUT2D eigenvalue weighted by Crippen LogP contribution is 2.36. The summed E-state index contributed by atoms with van der Waals surface area (Å²) < 4.78 is 0. The fourth-order valence-electron chi connectivity index (χ4n) is 3.98. The Bertz CT molecular complexity index is 459. The predicted octanol–water partition coefficient (Wildman–Crippen LogP) is 3.78. The monoisotopic (exact) mass is 308 g/mol.